The van der Waals surface area contributed by atoms with E-state index < -0.39 is 35.4 Å². The van der Waals surface area contributed by atoms with E-state index >= 15 is 0 Å². The third-order valence-corrected chi connectivity index (χ3v) is 11.5. The predicted octanol–water partition coefficient (Wildman–Crippen LogP) is 6.18. The molecule has 3 heterocycles. The standard InChI is InChI=1S/C46H56N6O7S/c1-29(31-8-10-33(11-9-31)42-30(2)47-28-60-42)48-44(55)40-25-36(53)26-52(40)45(56)43(46(3,4)5)50-41(54)27-58-21-20-57-22-23-59-37-17-19-39-34(24-37)14-18-38(49-39)32-12-15-35(16-13-32)51(6)7/h8-19,24,28-29,36,40,43,53H,20-23,25-27H2,1-7H3,(H,48,55)(H,50,54)/t29-,36+,40-,43?/m0/s1. The molecule has 13 nitrogen and oxygen atoms in total. The highest BCUT2D eigenvalue weighted by Crippen LogP contribution is 2.30. The van der Waals surface area contributed by atoms with Crippen LogP contribution in [0, 0.1) is 12.3 Å². The van der Waals surface area contributed by atoms with E-state index in [0.717, 1.165) is 49.5 Å². The van der Waals surface area contributed by atoms with Crippen LogP contribution in [0.15, 0.2) is 84.4 Å². The largest absolute Gasteiger partial charge is 0.491 e. The van der Waals surface area contributed by atoms with E-state index in [1.165, 1.54) is 4.90 Å². The van der Waals surface area contributed by atoms with Gasteiger partial charge in [-0.3, -0.25) is 14.4 Å². The summed E-state index contributed by atoms with van der Waals surface area (Å²) >= 11 is 1.58. The van der Waals surface area contributed by atoms with E-state index in [2.05, 4.69) is 44.8 Å². The minimum atomic E-state index is -0.962. The molecule has 5 aromatic rings. The fraction of sp³-hybridized carbons (Fsp3) is 0.413. The first kappa shape index (κ1) is 44.2. The maximum absolute atomic E-state index is 14.0. The van der Waals surface area contributed by atoms with Gasteiger partial charge in [-0.15, -0.1) is 11.3 Å². The van der Waals surface area contributed by atoms with Gasteiger partial charge in [-0.05, 0) is 66.8 Å². The summed E-state index contributed by atoms with van der Waals surface area (Å²) in [6, 6.07) is 23.9. The Morgan fingerprint density at radius 1 is 0.917 bits per heavy atom. The van der Waals surface area contributed by atoms with Gasteiger partial charge in [0.05, 0.1) is 59.3 Å². The van der Waals surface area contributed by atoms with Gasteiger partial charge in [0.1, 0.15) is 31.0 Å². The number of anilines is 1. The van der Waals surface area contributed by atoms with Crippen molar-refractivity contribution in [3.05, 3.63) is 95.6 Å². The Kier molecular flexibility index (Phi) is 14.5. The van der Waals surface area contributed by atoms with Crippen molar-refractivity contribution in [3.63, 3.8) is 0 Å². The zero-order chi connectivity index (χ0) is 43.0. The van der Waals surface area contributed by atoms with Gasteiger partial charge < -0.3 is 39.8 Å². The van der Waals surface area contributed by atoms with Crippen molar-refractivity contribution >= 4 is 45.6 Å². The van der Waals surface area contributed by atoms with Gasteiger partial charge >= 0.3 is 0 Å². The van der Waals surface area contributed by atoms with Gasteiger partial charge in [-0.25, -0.2) is 9.97 Å². The highest BCUT2D eigenvalue weighted by atomic mass is 32.1. The van der Waals surface area contributed by atoms with Gasteiger partial charge in [0.25, 0.3) is 0 Å². The van der Waals surface area contributed by atoms with Gasteiger partial charge in [0.15, 0.2) is 0 Å². The Labute approximate surface area is 356 Å². The highest BCUT2D eigenvalue weighted by Gasteiger charge is 2.44. The fourth-order valence-electron chi connectivity index (χ4n) is 7.11. The number of amides is 3. The van der Waals surface area contributed by atoms with Gasteiger partial charge in [-0.2, -0.15) is 0 Å². The summed E-state index contributed by atoms with van der Waals surface area (Å²) in [5.41, 5.74) is 8.01. The molecule has 14 heteroatoms. The number of aliphatic hydroxyl groups is 1. The number of pyridine rings is 1. The molecule has 1 fully saturated rings. The van der Waals surface area contributed by atoms with E-state index in [1.807, 2.05) is 109 Å². The number of ether oxygens (including phenoxy) is 3. The van der Waals surface area contributed by atoms with Crippen molar-refractivity contribution in [3.8, 4) is 27.4 Å². The molecular weight excluding hydrogens is 781 g/mol. The molecule has 1 aliphatic heterocycles. The number of nitrogens with one attached hydrogen (secondary N) is 2. The monoisotopic (exact) mass is 836 g/mol. The van der Waals surface area contributed by atoms with Gasteiger partial charge in [0, 0.05) is 43.7 Å². The number of aryl methyl sites for hydroxylation is 1. The Morgan fingerprint density at radius 3 is 2.30 bits per heavy atom. The second kappa shape index (κ2) is 19.8. The van der Waals surface area contributed by atoms with Crippen LogP contribution in [0.3, 0.4) is 0 Å². The van der Waals surface area contributed by atoms with Crippen LogP contribution < -0.4 is 20.3 Å². The van der Waals surface area contributed by atoms with Gasteiger partial charge in [-0.1, -0.05) is 63.2 Å². The molecule has 3 amide bonds. The third kappa shape index (κ3) is 11.2. The SMILES string of the molecule is Cc1ncsc1-c1ccc([C@H](C)NC(=O)[C@@H]2C[C@@H](O)CN2C(=O)C(NC(=O)COCCOCCOc2ccc3nc(-c4ccc(N(C)C)cc4)ccc3c2)C(C)(C)C)cc1. The summed E-state index contributed by atoms with van der Waals surface area (Å²) in [5, 5.41) is 17.4. The van der Waals surface area contributed by atoms with E-state index in [9.17, 15) is 19.5 Å². The quantitative estimate of drug-likeness (QED) is 0.0926. The molecule has 1 saturated heterocycles. The number of nitrogens with zero attached hydrogens (tertiary/aromatic N) is 4. The van der Waals surface area contributed by atoms with Crippen LogP contribution in [-0.4, -0.2) is 110 Å². The molecule has 1 aliphatic rings. The van der Waals surface area contributed by atoms with E-state index in [4.69, 9.17) is 19.2 Å². The maximum Gasteiger partial charge on any atom is 0.246 e. The predicted molar refractivity (Wildman–Crippen MR) is 235 cm³/mol. The lowest BCUT2D eigenvalue weighted by atomic mass is 9.85. The summed E-state index contributed by atoms with van der Waals surface area (Å²) < 4.78 is 17.1. The summed E-state index contributed by atoms with van der Waals surface area (Å²) in [4.78, 5) is 54.3. The van der Waals surface area contributed by atoms with Crippen molar-refractivity contribution in [1.29, 1.82) is 0 Å². The molecule has 1 unspecified atom stereocenters. The molecule has 0 spiro atoms. The lowest BCUT2D eigenvalue weighted by molar-refractivity contribution is -0.144. The Balaban J connectivity index is 0.917. The van der Waals surface area contributed by atoms with Crippen LogP contribution in [0.1, 0.15) is 51.4 Å². The van der Waals surface area contributed by atoms with Crippen LogP contribution >= 0.6 is 11.3 Å². The van der Waals surface area contributed by atoms with Crippen LogP contribution in [-0.2, 0) is 23.9 Å². The minimum Gasteiger partial charge on any atom is -0.491 e. The fourth-order valence-corrected chi connectivity index (χ4v) is 7.92. The zero-order valence-electron chi connectivity index (χ0n) is 35.4. The number of aliphatic hydroxyl groups excluding tert-OH is 1. The number of benzene rings is 3. The van der Waals surface area contributed by atoms with Crippen LogP contribution in [0.2, 0.25) is 0 Å². The number of β-amino-alcohol motifs (C(OH)–C–C–N with tert-alkyl or cyclic N) is 1. The number of hydrogen-bond donors (Lipinski definition) is 3. The molecule has 3 N–H and O–H groups in total. The topological polar surface area (TPSA) is 155 Å². The first-order valence-electron chi connectivity index (χ1n) is 20.2. The number of carbonyl (C=O) groups excluding carboxylic acids is 3. The maximum atomic E-state index is 14.0. The van der Waals surface area contributed by atoms with E-state index in [-0.39, 0.29) is 44.7 Å². The van der Waals surface area contributed by atoms with Crippen molar-refractivity contribution in [2.75, 3.05) is 58.6 Å². The molecule has 4 atom stereocenters. The molecule has 318 valence electrons. The minimum absolute atomic E-state index is 0.0137. The first-order chi connectivity index (χ1) is 28.7. The molecule has 6 rings (SSSR count). The average molecular weight is 837 g/mol. The Hall–Kier alpha value is -5.41. The Morgan fingerprint density at radius 2 is 1.62 bits per heavy atom. The summed E-state index contributed by atoms with van der Waals surface area (Å²) in [7, 11) is 4.03. The van der Waals surface area contributed by atoms with Crippen LogP contribution in [0.5, 0.6) is 5.75 Å². The summed E-state index contributed by atoms with van der Waals surface area (Å²) in [6.45, 7) is 10.1. The smallest absolute Gasteiger partial charge is 0.246 e. The van der Waals surface area contributed by atoms with Crippen LogP contribution in [0.4, 0.5) is 5.69 Å². The molecule has 3 aromatic carbocycles. The normalized spacial score (nSPS) is 16.4. The van der Waals surface area contributed by atoms with Crippen molar-refractivity contribution in [1.82, 2.24) is 25.5 Å². The molecule has 0 bridgehead atoms. The van der Waals surface area contributed by atoms with E-state index in [0.29, 0.717) is 19.0 Å². The molecule has 2 aromatic heterocycles. The number of thiazole rings is 1. The molecule has 0 radical (unpaired) electrons. The number of likely N-dealkylation sites (tertiary alicyclic amines) is 1. The molecular formula is C46H56N6O7S. The highest BCUT2D eigenvalue weighted by molar-refractivity contribution is 7.13. The molecule has 0 aliphatic carbocycles. The third-order valence-electron chi connectivity index (χ3n) is 10.5. The average Bonchev–Trinajstić information content (AvgIpc) is 3.85. The lowest BCUT2D eigenvalue weighted by Crippen LogP contribution is -2.58. The van der Waals surface area contributed by atoms with Gasteiger partial charge in [0.2, 0.25) is 17.7 Å². The number of fused-ring (bicyclic) bond motifs is 1. The zero-order valence-corrected chi connectivity index (χ0v) is 36.3. The molecule has 60 heavy (non-hydrogen) atoms. The van der Waals surface area contributed by atoms with Crippen molar-refractivity contribution in [2.45, 2.75) is 65.3 Å². The second-order valence-corrected chi connectivity index (χ2v) is 17.2. The number of rotatable bonds is 17. The second-order valence-electron chi connectivity index (χ2n) is 16.4. The number of carbonyl (C=O) groups is 3. The number of aromatic nitrogens is 2. The van der Waals surface area contributed by atoms with Crippen LogP contribution in [0.25, 0.3) is 32.6 Å². The number of hydrogen-bond acceptors (Lipinski definition) is 11. The van der Waals surface area contributed by atoms with Crippen molar-refractivity contribution in [2.24, 2.45) is 5.41 Å². The van der Waals surface area contributed by atoms with Crippen molar-refractivity contribution < 1.29 is 33.7 Å². The van der Waals surface area contributed by atoms with E-state index in [1.54, 1.807) is 11.3 Å². The first-order valence-corrected chi connectivity index (χ1v) is 21.1. The molecule has 0 saturated carbocycles. The summed E-state index contributed by atoms with van der Waals surface area (Å²) in [6.07, 6.45) is -0.774. The lowest BCUT2D eigenvalue weighted by Gasteiger charge is -2.35. The summed E-state index contributed by atoms with van der Waals surface area (Å²) in [5.74, 6) is -0.570. The Bertz CT molecular complexity index is 2240.